The van der Waals surface area contributed by atoms with Crippen LogP contribution in [0.25, 0.3) is 0 Å². The molecule has 1 aromatic carbocycles. The van der Waals surface area contributed by atoms with E-state index in [4.69, 9.17) is 5.73 Å². The van der Waals surface area contributed by atoms with E-state index in [-0.39, 0.29) is 11.8 Å². The van der Waals surface area contributed by atoms with E-state index in [0.29, 0.717) is 5.13 Å². The van der Waals surface area contributed by atoms with Crippen LogP contribution in [0.1, 0.15) is 43.0 Å². The third-order valence-electron chi connectivity index (χ3n) is 4.58. The lowest BCUT2D eigenvalue weighted by molar-refractivity contribution is -0.122. The Balaban J connectivity index is 1.63. The second-order valence-corrected chi connectivity index (χ2v) is 7.70. The monoisotopic (exact) mass is 329 g/mol. The van der Waals surface area contributed by atoms with Crippen LogP contribution in [-0.4, -0.2) is 16.4 Å². The quantitative estimate of drug-likeness (QED) is 0.901. The summed E-state index contributed by atoms with van der Waals surface area (Å²) in [5.74, 6) is -0.118. The summed E-state index contributed by atoms with van der Waals surface area (Å²) in [6.07, 6.45) is 6.63. The lowest BCUT2D eigenvalue weighted by Crippen LogP contribution is -2.51. The van der Waals surface area contributed by atoms with Gasteiger partial charge in [0.15, 0.2) is 5.13 Å². The van der Waals surface area contributed by atoms with Crippen LogP contribution in [0.3, 0.4) is 0 Å². The molecule has 4 nitrogen and oxygen atoms in total. The maximum atomic E-state index is 12.5. The molecule has 0 radical (unpaired) electrons. The van der Waals surface area contributed by atoms with Crippen molar-refractivity contribution < 1.29 is 4.79 Å². The molecule has 1 fully saturated rings. The third-order valence-corrected chi connectivity index (χ3v) is 5.49. The zero-order valence-corrected chi connectivity index (χ0v) is 14.2. The van der Waals surface area contributed by atoms with Gasteiger partial charge in [0.05, 0.1) is 5.92 Å². The lowest BCUT2D eigenvalue weighted by Gasteiger charge is -2.36. The predicted octanol–water partition coefficient (Wildman–Crippen LogP) is 3.58. The Kier molecular flexibility index (Phi) is 4.78. The van der Waals surface area contributed by atoms with Crippen molar-refractivity contribution in [2.75, 3.05) is 5.32 Å². The molecule has 2 atom stereocenters. The van der Waals surface area contributed by atoms with Crippen LogP contribution in [0, 0.1) is 5.92 Å². The summed E-state index contributed by atoms with van der Waals surface area (Å²) in [6.45, 7) is 1.99. The maximum Gasteiger partial charge on any atom is 0.231 e. The van der Waals surface area contributed by atoms with Crippen molar-refractivity contribution in [1.29, 1.82) is 0 Å². The molecular formula is C18H23N3OS. The van der Waals surface area contributed by atoms with Gasteiger partial charge < -0.3 is 11.1 Å². The summed E-state index contributed by atoms with van der Waals surface area (Å²) in [6, 6.07) is 10.3. The van der Waals surface area contributed by atoms with E-state index in [2.05, 4.69) is 22.4 Å². The number of rotatable bonds is 4. The van der Waals surface area contributed by atoms with Gasteiger partial charge in [0.2, 0.25) is 5.91 Å². The molecule has 2 aromatic rings. The summed E-state index contributed by atoms with van der Waals surface area (Å²) in [5, 5.41) is 3.63. The molecule has 3 rings (SSSR count). The lowest BCUT2D eigenvalue weighted by atomic mass is 9.74. The summed E-state index contributed by atoms with van der Waals surface area (Å²) in [4.78, 5) is 18.0. The first-order valence-corrected chi connectivity index (χ1v) is 8.94. The molecule has 3 N–H and O–H groups in total. The van der Waals surface area contributed by atoms with Gasteiger partial charge >= 0.3 is 0 Å². The zero-order valence-electron chi connectivity index (χ0n) is 13.4. The van der Waals surface area contributed by atoms with Crippen LogP contribution in [0.4, 0.5) is 5.13 Å². The molecule has 122 valence electrons. The topological polar surface area (TPSA) is 68.0 Å². The van der Waals surface area contributed by atoms with E-state index in [1.807, 2.05) is 31.3 Å². The number of nitrogens with zero attached hydrogens (tertiary/aromatic N) is 1. The Morgan fingerprint density at radius 3 is 2.91 bits per heavy atom. The normalized spacial score (nSPS) is 24.3. The number of benzene rings is 1. The van der Waals surface area contributed by atoms with E-state index in [0.717, 1.165) is 37.0 Å². The van der Waals surface area contributed by atoms with Crippen LogP contribution >= 0.6 is 11.3 Å². The van der Waals surface area contributed by atoms with Gasteiger partial charge in [0.1, 0.15) is 0 Å². The molecule has 5 heteroatoms. The highest BCUT2D eigenvalue weighted by atomic mass is 32.1. The molecule has 0 bridgehead atoms. The van der Waals surface area contributed by atoms with Crippen molar-refractivity contribution in [3.63, 3.8) is 0 Å². The van der Waals surface area contributed by atoms with Crippen molar-refractivity contribution in [1.82, 2.24) is 4.98 Å². The molecule has 23 heavy (non-hydrogen) atoms. The molecule has 1 saturated carbocycles. The molecule has 0 spiro atoms. The number of nitrogens with two attached hydrogens (primary N) is 1. The van der Waals surface area contributed by atoms with E-state index in [9.17, 15) is 4.79 Å². The largest absolute Gasteiger partial charge is 0.325 e. The fourth-order valence-electron chi connectivity index (χ4n) is 3.23. The first-order valence-electron chi connectivity index (χ1n) is 8.13. The highest BCUT2D eigenvalue weighted by Gasteiger charge is 2.37. The Morgan fingerprint density at radius 1 is 1.39 bits per heavy atom. The van der Waals surface area contributed by atoms with Crippen molar-refractivity contribution in [3.8, 4) is 0 Å². The zero-order chi connectivity index (χ0) is 16.3. The first-order chi connectivity index (χ1) is 11.0. The van der Waals surface area contributed by atoms with Gasteiger partial charge in [-0.1, -0.05) is 43.2 Å². The number of thiazole rings is 1. The number of hydrogen-bond donors (Lipinski definition) is 2. The van der Waals surface area contributed by atoms with Crippen molar-refractivity contribution in [2.24, 2.45) is 11.7 Å². The maximum absolute atomic E-state index is 12.5. The number of nitrogens with one attached hydrogen (secondary N) is 1. The number of amides is 1. The van der Waals surface area contributed by atoms with Gasteiger partial charge in [-0.2, -0.15) is 0 Å². The third kappa shape index (κ3) is 3.98. The van der Waals surface area contributed by atoms with Gasteiger partial charge in [-0.05, 0) is 25.3 Å². The fraction of sp³-hybridized carbons (Fsp3) is 0.444. The molecule has 1 aliphatic rings. The highest BCUT2D eigenvalue weighted by Crippen LogP contribution is 2.33. The Labute approximate surface area is 141 Å². The average Bonchev–Trinajstić information content (AvgIpc) is 2.94. The minimum Gasteiger partial charge on any atom is -0.325 e. The Morgan fingerprint density at radius 2 is 2.17 bits per heavy atom. The standard InChI is InChI=1S/C18H23N3OS/c1-18(19)10-6-5-9-15(18)16(22)21-17-20-12-14(23-17)11-13-7-3-2-4-8-13/h2-4,7-8,12,15H,5-6,9-11,19H2,1H3,(H,20,21,22). The Hall–Kier alpha value is -1.72. The van der Waals surface area contributed by atoms with Crippen LogP contribution in [0.15, 0.2) is 36.5 Å². The number of carbonyl (C=O) groups is 1. The summed E-state index contributed by atoms with van der Waals surface area (Å²) in [5.41, 5.74) is 7.14. The molecule has 0 saturated heterocycles. The van der Waals surface area contributed by atoms with Crippen LogP contribution in [0.2, 0.25) is 0 Å². The minimum atomic E-state index is -0.410. The van der Waals surface area contributed by atoms with E-state index in [1.165, 1.54) is 16.9 Å². The Bertz CT molecular complexity index is 666. The van der Waals surface area contributed by atoms with Gasteiger partial charge in [-0.15, -0.1) is 11.3 Å². The highest BCUT2D eigenvalue weighted by molar-refractivity contribution is 7.15. The molecule has 0 aliphatic heterocycles. The smallest absolute Gasteiger partial charge is 0.231 e. The van der Waals surface area contributed by atoms with Crippen molar-refractivity contribution in [2.45, 2.75) is 44.6 Å². The van der Waals surface area contributed by atoms with Gasteiger partial charge in [0, 0.05) is 23.0 Å². The van der Waals surface area contributed by atoms with Crippen molar-refractivity contribution in [3.05, 3.63) is 47.0 Å². The van der Waals surface area contributed by atoms with Crippen LogP contribution < -0.4 is 11.1 Å². The second kappa shape index (κ2) is 6.81. The van der Waals surface area contributed by atoms with Crippen LogP contribution in [0.5, 0.6) is 0 Å². The molecule has 1 aromatic heterocycles. The number of aromatic nitrogens is 1. The van der Waals surface area contributed by atoms with Gasteiger partial charge in [-0.3, -0.25) is 4.79 Å². The fourth-order valence-corrected chi connectivity index (χ4v) is 4.08. The van der Waals surface area contributed by atoms with E-state index >= 15 is 0 Å². The molecule has 2 unspecified atom stereocenters. The molecule has 1 aliphatic carbocycles. The van der Waals surface area contributed by atoms with Gasteiger partial charge in [-0.25, -0.2) is 4.98 Å². The SMILES string of the molecule is CC1(N)CCCCC1C(=O)Nc1ncc(Cc2ccccc2)s1. The number of anilines is 1. The summed E-state index contributed by atoms with van der Waals surface area (Å²) in [7, 11) is 0. The van der Waals surface area contributed by atoms with Crippen molar-refractivity contribution >= 4 is 22.4 Å². The van der Waals surface area contributed by atoms with E-state index in [1.54, 1.807) is 0 Å². The summed E-state index contributed by atoms with van der Waals surface area (Å²) >= 11 is 1.54. The number of hydrogen-bond acceptors (Lipinski definition) is 4. The predicted molar refractivity (Wildman–Crippen MR) is 94.5 cm³/mol. The molecule has 1 heterocycles. The summed E-state index contributed by atoms with van der Waals surface area (Å²) < 4.78 is 0. The second-order valence-electron chi connectivity index (χ2n) is 6.59. The molecule has 1 amide bonds. The average molecular weight is 329 g/mol. The van der Waals surface area contributed by atoms with Gasteiger partial charge in [0.25, 0.3) is 0 Å². The first kappa shape index (κ1) is 16.1. The van der Waals surface area contributed by atoms with E-state index < -0.39 is 5.54 Å². The van der Waals surface area contributed by atoms with Crippen LogP contribution in [-0.2, 0) is 11.2 Å². The molecular weight excluding hydrogens is 306 g/mol. The number of carbonyl (C=O) groups excluding carboxylic acids is 1. The minimum absolute atomic E-state index is 0.00955.